The second-order valence-electron chi connectivity index (χ2n) is 5.77. The molecule has 0 atom stereocenters. The summed E-state index contributed by atoms with van der Waals surface area (Å²) in [7, 11) is 1.54. The first kappa shape index (κ1) is 19.1. The molecule has 7 heteroatoms. The molecule has 3 rings (SSSR count). The molecule has 0 saturated carbocycles. The Morgan fingerprint density at radius 3 is 2.19 bits per heavy atom. The Morgan fingerprint density at radius 1 is 1.00 bits per heavy atom. The van der Waals surface area contributed by atoms with E-state index in [-0.39, 0.29) is 11.8 Å². The van der Waals surface area contributed by atoms with Crippen LogP contribution in [-0.2, 0) is 0 Å². The molecule has 27 heavy (non-hydrogen) atoms. The van der Waals surface area contributed by atoms with Crippen LogP contribution in [-0.4, -0.2) is 18.9 Å². The molecule has 1 heterocycles. The summed E-state index contributed by atoms with van der Waals surface area (Å²) in [6, 6.07) is 14.2. The molecule has 3 aromatic rings. The van der Waals surface area contributed by atoms with Crippen molar-refractivity contribution in [1.29, 1.82) is 0 Å². The molecule has 0 fully saturated rings. The largest absolute Gasteiger partial charge is 0.496 e. The Labute approximate surface area is 169 Å². The number of ether oxygens (including phenoxy) is 1. The summed E-state index contributed by atoms with van der Waals surface area (Å²) >= 11 is 4.78. The van der Waals surface area contributed by atoms with Crippen molar-refractivity contribution in [1.82, 2.24) is 0 Å². The summed E-state index contributed by atoms with van der Waals surface area (Å²) in [5.41, 5.74) is 2.58. The third-order valence-corrected chi connectivity index (χ3v) is 5.16. The van der Waals surface area contributed by atoms with Gasteiger partial charge in [-0.2, -0.15) is 0 Å². The number of thiophene rings is 1. The van der Waals surface area contributed by atoms with Gasteiger partial charge in [-0.05, 0) is 60.3 Å². The minimum atomic E-state index is -0.272. The van der Waals surface area contributed by atoms with Crippen LogP contribution in [0.3, 0.4) is 0 Å². The second kappa shape index (κ2) is 8.37. The molecule has 2 amide bonds. The number of anilines is 2. The van der Waals surface area contributed by atoms with Gasteiger partial charge in [0.15, 0.2) is 0 Å². The van der Waals surface area contributed by atoms with Crippen molar-refractivity contribution in [3.63, 3.8) is 0 Å². The number of carbonyl (C=O) groups excluding carboxylic acids is 2. The van der Waals surface area contributed by atoms with Crippen molar-refractivity contribution in [2.45, 2.75) is 6.92 Å². The number of aryl methyl sites for hydroxylation is 1. The molecule has 0 spiro atoms. The van der Waals surface area contributed by atoms with Gasteiger partial charge in [-0.25, -0.2) is 0 Å². The van der Waals surface area contributed by atoms with Crippen molar-refractivity contribution in [3.8, 4) is 5.75 Å². The van der Waals surface area contributed by atoms with E-state index in [0.717, 1.165) is 10.0 Å². The van der Waals surface area contributed by atoms with Gasteiger partial charge in [-0.3, -0.25) is 9.59 Å². The van der Waals surface area contributed by atoms with E-state index < -0.39 is 0 Å². The van der Waals surface area contributed by atoms with Crippen LogP contribution in [0, 0.1) is 6.92 Å². The lowest BCUT2D eigenvalue weighted by Gasteiger charge is -2.13. The third-order valence-electron chi connectivity index (χ3n) is 3.83. The standard InChI is InChI=1S/C20H17BrN2O3S/c1-12-10-13(21)11-16(18(12)26-2)19(24)22-14-5-7-15(8-6-14)23-20(25)17-4-3-9-27-17/h3-11H,1-2H3,(H,22,24)(H,23,25). The summed E-state index contributed by atoms with van der Waals surface area (Å²) in [6.07, 6.45) is 0. The van der Waals surface area contributed by atoms with Crippen LogP contribution < -0.4 is 15.4 Å². The maximum absolute atomic E-state index is 12.6. The highest BCUT2D eigenvalue weighted by Gasteiger charge is 2.16. The first-order valence-corrected chi connectivity index (χ1v) is 9.75. The van der Waals surface area contributed by atoms with Gasteiger partial charge >= 0.3 is 0 Å². The quantitative estimate of drug-likeness (QED) is 0.558. The first-order chi connectivity index (χ1) is 13.0. The molecule has 0 aliphatic carbocycles. The molecule has 0 bridgehead atoms. The van der Waals surface area contributed by atoms with Crippen LogP contribution >= 0.6 is 27.3 Å². The Balaban J connectivity index is 1.71. The van der Waals surface area contributed by atoms with Gasteiger partial charge in [0.25, 0.3) is 11.8 Å². The smallest absolute Gasteiger partial charge is 0.265 e. The van der Waals surface area contributed by atoms with Gasteiger partial charge in [0.1, 0.15) is 5.75 Å². The van der Waals surface area contributed by atoms with Crippen molar-refractivity contribution < 1.29 is 14.3 Å². The number of hydrogen-bond donors (Lipinski definition) is 2. The molecule has 0 aliphatic rings. The van der Waals surface area contributed by atoms with E-state index in [1.807, 2.05) is 24.4 Å². The fourth-order valence-electron chi connectivity index (χ4n) is 2.61. The van der Waals surface area contributed by atoms with Crippen LogP contribution in [0.25, 0.3) is 0 Å². The number of rotatable bonds is 5. The Kier molecular flexibility index (Phi) is 5.93. The number of carbonyl (C=O) groups is 2. The zero-order chi connectivity index (χ0) is 19.4. The predicted octanol–water partition coefficient (Wildman–Crippen LogP) is 5.33. The molecule has 0 unspecified atom stereocenters. The highest BCUT2D eigenvalue weighted by Crippen LogP contribution is 2.28. The fraction of sp³-hybridized carbons (Fsp3) is 0.100. The topological polar surface area (TPSA) is 67.4 Å². The number of nitrogens with one attached hydrogen (secondary N) is 2. The second-order valence-corrected chi connectivity index (χ2v) is 7.63. The summed E-state index contributed by atoms with van der Waals surface area (Å²) in [6.45, 7) is 1.88. The normalized spacial score (nSPS) is 10.3. The van der Waals surface area contributed by atoms with Crippen molar-refractivity contribution in [2.75, 3.05) is 17.7 Å². The highest BCUT2D eigenvalue weighted by molar-refractivity contribution is 9.10. The van der Waals surface area contributed by atoms with E-state index in [2.05, 4.69) is 26.6 Å². The summed E-state index contributed by atoms with van der Waals surface area (Å²) in [5.74, 6) is 0.110. The van der Waals surface area contributed by atoms with Gasteiger partial charge in [0.05, 0.1) is 17.6 Å². The summed E-state index contributed by atoms with van der Waals surface area (Å²) in [4.78, 5) is 25.3. The Bertz CT molecular complexity index is 970. The molecule has 2 aromatic carbocycles. The number of methoxy groups -OCH3 is 1. The van der Waals surface area contributed by atoms with Crippen LogP contribution in [0.2, 0.25) is 0 Å². The van der Waals surface area contributed by atoms with Gasteiger partial charge in [0, 0.05) is 15.8 Å². The molecule has 5 nitrogen and oxygen atoms in total. The predicted molar refractivity (Wildman–Crippen MR) is 112 cm³/mol. The lowest BCUT2D eigenvalue weighted by Crippen LogP contribution is -2.14. The summed E-state index contributed by atoms with van der Waals surface area (Å²) in [5, 5.41) is 7.52. The van der Waals surface area contributed by atoms with E-state index in [1.165, 1.54) is 18.4 Å². The maximum Gasteiger partial charge on any atom is 0.265 e. The van der Waals surface area contributed by atoms with Crippen LogP contribution in [0.5, 0.6) is 5.75 Å². The molecule has 0 saturated heterocycles. The Morgan fingerprint density at radius 2 is 1.63 bits per heavy atom. The van der Waals surface area contributed by atoms with E-state index >= 15 is 0 Å². The number of hydrogen-bond acceptors (Lipinski definition) is 4. The minimum absolute atomic E-state index is 0.156. The third kappa shape index (κ3) is 4.56. The molecule has 138 valence electrons. The zero-order valence-electron chi connectivity index (χ0n) is 14.7. The van der Waals surface area contributed by atoms with Gasteiger partial charge in [-0.1, -0.05) is 22.0 Å². The average Bonchev–Trinajstić information content (AvgIpc) is 3.17. The monoisotopic (exact) mass is 444 g/mol. The molecular weight excluding hydrogens is 428 g/mol. The van der Waals surface area contributed by atoms with Crippen LogP contribution in [0.15, 0.2) is 58.4 Å². The summed E-state index contributed by atoms with van der Waals surface area (Å²) < 4.78 is 6.16. The van der Waals surface area contributed by atoms with Gasteiger partial charge in [0.2, 0.25) is 0 Å². The lowest BCUT2D eigenvalue weighted by atomic mass is 10.1. The minimum Gasteiger partial charge on any atom is -0.496 e. The van der Waals surface area contributed by atoms with E-state index in [0.29, 0.717) is 27.6 Å². The lowest BCUT2D eigenvalue weighted by molar-refractivity contribution is 0.101. The van der Waals surface area contributed by atoms with E-state index in [1.54, 1.807) is 36.4 Å². The average molecular weight is 445 g/mol. The van der Waals surface area contributed by atoms with Crippen molar-refractivity contribution >= 4 is 50.5 Å². The fourth-order valence-corrected chi connectivity index (χ4v) is 3.80. The molecule has 2 N–H and O–H groups in total. The van der Waals surface area contributed by atoms with E-state index in [9.17, 15) is 9.59 Å². The number of amides is 2. The van der Waals surface area contributed by atoms with Crippen LogP contribution in [0.1, 0.15) is 25.6 Å². The number of halogens is 1. The molecular formula is C20H17BrN2O3S. The first-order valence-electron chi connectivity index (χ1n) is 8.08. The van der Waals surface area contributed by atoms with Crippen LogP contribution in [0.4, 0.5) is 11.4 Å². The Hall–Kier alpha value is -2.64. The molecule has 0 aliphatic heterocycles. The molecule has 1 aromatic heterocycles. The number of benzene rings is 2. The molecule has 0 radical (unpaired) electrons. The highest BCUT2D eigenvalue weighted by atomic mass is 79.9. The van der Waals surface area contributed by atoms with Gasteiger partial charge < -0.3 is 15.4 Å². The van der Waals surface area contributed by atoms with Crippen molar-refractivity contribution in [3.05, 3.63) is 74.4 Å². The van der Waals surface area contributed by atoms with E-state index in [4.69, 9.17) is 4.74 Å². The SMILES string of the molecule is COc1c(C)cc(Br)cc1C(=O)Nc1ccc(NC(=O)c2cccs2)cc1. The zero-order valence-corrected chi connectivity index (χ0v) is 17.1. The van der Waals surface area contributed by atoms with Crippen molar-refractivity contribution in [2.24, 2.45) is 0 Å². The maximum atomic E-state index is 12.6. The van der Waals surface area contributed by atoms with Gasteiger partial charge in [-0.15, -0.1) is 11.3 Å².